The Bertz CT molecular complexity index is 904. The fourth-order valence-corrected chi connectivity index (χ4v) is 5.14. The number of rotatable bonds is 1. The van der Waals surface area contributed by atoms with E-state index in [-0.39, 0.29) is 62.3 Å². The molecule has 14 heteroatoms. The van der Waals surface area contributed by atoms with Crippen LogP contribution < -0.4 is 5.32 Å². The molecule has 4 aliphatic rings. The van der Waals surface area contributed by atoms with Crippen LogP contribution >= 0.6 is 12.4 Å². The van der Waals surface area contributed by atoms with E-state index in [4.69, 9.17) is 9.47 Å². The van der Waals surface area contributed by atoms with Crippen LogP contribution in [0.25, 0.3) is 0 Å². The van der Waals surface area contributed by atoms with Crippen molar-refractivity contribution in [2.75, 3.05) is 52.4 Å². The van der Waals surface area contributed by atoms with E-state index in [1.54, 1.807) is 9.80 Å². The zero-order valence-corrected chi connectivity index (χ0v) is 28.0. The van der Waals surface area contributed by atoms with Crippen molar-refractivity contribution in [3.8, 4) is 0 Å². The van der Waals surface area contributed by atoms with Crippen LogP contribution in [0.1, 0.15) is 92.9 Å². The Balaban J connectivity index is 0.000000362. The summed E-state index contributed by atoms with van der Waals surface area (Å²) >= 11 is 0. The highest BCUT2D eigenvalue weighted by Gasteiger charge is 2.39. The van der Waals surface area contributed by atoms with Crippen molar-refractivity contribution in [1.29, 1.82) is 0 Å². The van der Waals surface area contributed by atoms with Crippen LogP contribution in [0.2, 0.25) is 0 Å². The molecule has 0 radical (unpaired) electrons. The minimum absolute atomic E-state index is 0. The minimum atomic E-state index is -2.56. The molecule has 9 nitrogen and oxygen atoms in total. The van der Waals surface area contributed by atoms with Gasteiger partial charge in [-0.1, -0.05) is 0 Å². The summed E-state index contributed by atoms with van der Waals surface area (Å²) in [6.07, 6.45) is 3.00. The highest BCUT2D eigenvalue weighted by molar-refractivity contribution is 5.85. The number of piperidine rings is 4. The molecule has 4 rings (SSSR count). The molecule has 4 saturated heterocycles. The number of ether oxygens (including phenoxy) is 2. The summed E-state index contributed by atoms with van der Waals surface area (Å²) in [7, 11) is 0. The summed E-state index contributed by atoms with van der Waals surface area (Å²) in [4.78, 5) is 39.6. The normalized spacial score (nSPS) is 22.7. The topological polar surface area (TPSA) is 91.4 Å². The average molecular weight is 661 g/mol. The molecule has 0 unspecified atom stereocenters. The third-order valence-corrected chi connectivity index (χ3v) is 7.31. The van der Waals surface area contributed by atoms with Gasteiger partial charge in [0.15, 0.2) is 0 Å². The maximum atomic E-state index is 13.5. The van der Waals surface area contributed by atoms with E-state index in [1.807, 2.05) is 46.4 Å². The smallest absolute Gasteiger partial charge is 0.410 e. The number of likely N-dealkylation sites (tertiary alicyclic amines) is 3. The second-order valence-corrected chi connectivity index (χ2v) is 13.8. The zero-order valence-electron chi connectivity index (χ0n) is 27.2. The quantitative estimate of drug-likeness (QED) is 0.339. The molecule has 0 spiro atoms. The van der Waals surface area contributed by atoms with E-state index in [2.05, 4.69) is 5.32 Å². The molecule has 4 heterocycles. The summed E-state index contributed by atoms with van der Waals surface area (Å²) in [6, 6.07) is 0.162. The van der Waals surface area contributed by atoms with Gasteiger partial charge in [-0.2, -0.15) is 0 Å². The lowest BCUT2D eigenvalue weighted by atomic mass is 9.99. The standard InChI is InChI=1S/C15H26F2N2O2.C10H17NO3.C5H9F2N.ClH/c1-14(2,3)21-13(20)18-9-5-12(6-10-18)19-8-4-7-15(16,17)11-19;1-10(2,3)14-9(13)11-6-4-8(12)5-7-11;6-5(7)2-1-3-8-4-5;/h12H,4-11H2,1-3H3;4-7H2,1-3H3;8H,1-4H2;1H. The van der Waals surface area contributed by atoms with Gasteiger partial charge in [0, 0.05) is 57.9 Å². The van der Waals surface area contributed by atoms with E-state index in [0.717, 1.165) is 25.9 Å². The number of carbonyl (C=O) groups is 3. The third-order valence-electron chi connectivity index (χ3n) is 7.31. The maximum absolute atomic E-state index is 13.5. The summed E-state index contributed by atoms with van der Waals surface area (Å²) in [6.45, 7) is 14.4. The van der Waals surface area contributed by atoms with Crippen LogP contribution in [0.15, 0.2) is 0 Å². The van der Waals surface area contributed by atoms with Gasteiger partial charge in [-0.05, 0) is 80.3 Å². The lowest BCUT2D eigenvalue weighted by Crippen LogP contribution is -2.52. The number of alkyl halides is 4. The summed E-state index contributed by atoms with van der Waals surface area (Å²) in [5.74, 6) is -4.76. The van der Waals surface area contributed by atoms with Crippen molar-refractivity contribution in [1.82, 2.24) is 20.0 Å². The van der Waals surface area contributed by atoms with E-state index >= 15 is 0 Å². The first-order valence-corrected chi connectivity index (χ1v) is 15.4. The molecule has 0 aromatic heterocycles. The fourth-order valence-electron chi connectivity index (χ4n) is 5.14. The van der Waals surface area contributed by atoms with Crippen LogP contribution in [0.5, 0.6) is 0 Å². The van der Waals surface area contributed by atoms with Crippen LogP contribution in [0, 0.1) is 0 Å². The van der Waals surface area contributed by atoms with Gasteiger partial charge in [0.2, 0.25) is 0 Å². The number of hydrogen-bond acceptors (Lipinski definition) is 7. The average Bonchev–Trinajstić information content (AvgIpc) is 2.87. The molecule has 0 bridgehead atoms. The Morgan fingerprint density at radius 3 is 1.64 bits per heavy atom. The van der Waals surface area contributed by atoms with E-state index < -0.39 is 23.0 Å². The highest BCUT2D eigenvalue weighted by Crippen LogP contribution is 2.30. The number of carbonyl (C=O) groups excluding carboxylic acids is 3. The van der Waals surface area contributed by atoms with Gasteiger partial charge in [0.1, 0.15) is 17.0 Å². The number of ketones is 1. The van der Waals surface area contributed by atoms with Crippen molar-refractivity contribution >= 4 is 30.4 Å². The molecular weight excluding hydrogens is 608 g/mol. The van der Waals surface area contributed by atoms with Crippen molar-refractivity contribution in [2.24, 2.45) is 0 Å². The Kier molecular flexibility index (Phi) is 15.7. The fraction of sp³-hybridized carbons (Fsp3) is 0.900. The maximum Gasteiger partial charge on any atom is 0.410 e. The van der Waals surface area contributed by atoms with Crippen LogP contribution in [-0.2, 0) is 14.3 Å². The van der Waals surface area contributed by atoms with Gasteiger partial charge in [0.05, 0.1) is 13.1 Å². The van der Waals surface area contributed by atoms with Gasteiger partial charge in [-0.3, -0.25) is 9.69 Å². The molecule has 0 aromatic carbocycles. The number of nitrogens with zero attached hydrogens (tertiary/aromatic N) is 3. The Hall–Kier alpha value is -1.86. The van der Waals surface area contributed by atoms with E-state index in [1.165, 1.54) is 0 Å². The Labute approximate surface area is 266 Å². The number of nitrogens with one attached hydrogen (secondary N) is 1. The third kappa shape index (κ3) is 15.9. The van der Waals surface area contributed by atoms with Gasteiger partial charge in [-0.25, -0.2) is 27.2 Å². The Morgan fingerprint density at radius 1 is 0.773 bits per heavy atom. The number of amides is 2. The Morgan fingerprint density at radius 2 is 1.25 bits per heavy atom. The van der Waals surface area contributed by atoms with Crippen LogP contribution in [-0.4, -0.2) is 114 Å². The van der Waals surface area contributed by atoms with Crippen LogP contribution in [0.4, 0.5) is 27.2 Å². The molecule has 0 atom stereocenters. The SMILES string of the molecule is CC(C)(C)OC(=O)N1CCC(=O)CC1.CC(C)(C)OC(=O)N1CCC(N2CCCC(F)(F)C2)CC1.Cl.FC1(F)CCCNC1. The number of Topliss-reactive ketones (excluding diaryl/α,β-unsaturated/α-hetero) is 1. The zero-order chi connectivity index (χ0) is 32.5. The van der Waals surface area contributed by atoms with Gasteiger partial charge in [0.25, 0.3) is 11.8 Å². The van der Waals surface area contributed by atoms with Crippen LogP contribution in [0.3, 0.4) is 0 Å². The molecule has 0 aromatic rings. The molecule has 1 N–H and O–H groups in total. The molecule has 2 amide bonds. The van der Waals surface area contributed by atoms with Crippen molar-refractivity contribution < 1.29 is 41.4 Å². The molecule has 0 saturated carbocycles. The first-order valence-electron chi connectivity index (χ1n) is 15.4. The van der Waals surface area contributed by atoms with Gasteiger partial charge < -0.3 is 24.6 Å². The lowest BCUT2D eigenvalue weighted by molar-refractivity contribution is -0.121. The second kappa shape index (κ2) is 17.2. The first-order chi connectivity index (χ1) is 19.8. The predicted molar refractivity (Wildman–Crippen MR) is 163 cm³/mol. The van der Waals surface area contributed by atoms with Gasteiger partial charge in [-0.15, -0.1) is 12.4 Å². The second-order valence-electron chi connectivity index (χ2n) is 13.8. The monoisotopic (exact) mass is 660 g/mol. The van der Waals surface area contributed by atoms with Crippen molar-refractivity contribution in [3.05, 3.63) is 0 Å². The number of halogens is 5. The van der Waals surface area contributed by atoms with Crippen molar-refractivity contribution in [2.45, 2.75) is 122 Å². The first kappa shape index (κ1) is 40.2. The lowest BCUT2D eigenvalue weighted by Gasteiger charge is -2.42. The largest absolute Gasteiger partial charge is 0.444 e. The highest BCUT2D eigenvalue weighted by atomic mass is 35.5. The summed E-state index contributed by atoms with van der Waals surface area (Å²) in [5, 5.41) is 2.62. The summed E-state index contributed by atoms with van der Waals surface area (Å²) < 4.78 is 61.8. The minimum Gasteiger partial charge on any atom is -0.444 e. The molecule has 0 aliphatic carbocycles. The van der Waals surface area contributed by atoms with E-state index in [0.29, 0.717) is 51.9 Å². The number of hydrogen-bond donors (Lipinski definition) is 1. The van der Waals surface area contributed by atoms with Crippen molar-refractivity contribution in [3.63, 3.8) is 0 Å². The predicted octanol–water partition coefficient (Wildman–Crippen LogP) is 6.13. The molecular formula is C30H53ClF4N4O5. The van der Waals surface area contributed by atoms with Gasteiger partial charge >= 0.3 is 12.2 Å². The molecule has 4 aliphatic heterocycles. The summed E-state index contributed by atoms with van der Waals surface area (Å²) in [5.41, 5.74) is -0.957. The molecule has 44 heavy (non-hydrogen) atoms. The molecule has 258 valence electrons. The molecule has 4 fully saturated rings. The van der Waals surface area contributed by atoms with E-state index in [9.17, 15) is 31.9 Å².